The number of nitriles is 1. The van der Waals surface area contributed by atoms with Crippen molar-refractivity contribution in [1.29, 1.82) is 5.26 Å². The van der Waals surface area contributed by atoms with Crippen LogP contribution in [0.3, 0.4) is 0 Å². The topological polar surface area (TPSA) is 47.3 Å². The predicted octanol–water partition coefficient (Wildman–Crippen LogP) is 1.01. The smallest absolute Gasteiger partial charge is 0.247 e. The highest BCUT2D eigenvalue weighted by atomic mass is 16.2. The average Bonchev–Trinajstić information content (AvgIpc) is 2.25. The first-order chi connectivity index (χ1) is 7.45. The van der Waals surface area contributed by atoms with Crippen molar-refractivity contribution in [3.63, 3.8) is 0 Å². The summed E-state index contributed by atoms with van der Waals surface area (Å²) in [5.41, 5.74) is 0.164. The Morgan fingerprint density at radius 2 is 1.81 bits per heavy atom. The number of nitrogens with zero attached hydrogens (tertiary/aromatic N) is 3. The minimum Gasteiger partial charge on any atom is -0.337 e. The molecule has 0 atom stereocenters. The quantitative estimate of drug-likeness (QED) is 0.490. The molecule has 4 heteroatoms. The SMILES string of the molecule is CC(C)(C)N1CCN(C(=O)/C=C/C#N)CC1. The van der Waals surface area contributed by atoms with Crippen molar-refractivity contribution in [3.05, 3.63) is 12.2 Å². The van der Waals surface area contributed by atoms with Crippen molar-refractivity contribution in [1.82, 2.24) is 9.80 Å². The fourth-order valence-electron chi connectivity index (χ4n) is 1.81. The summed E-state index contributed by atoms with van der Waals surface area (Å²) >= 11 is 0. The van der Waals surface area contributed by atoms with Crippen LogP contribution in [0.2, 0.25) is 0 Å². The molecule has 0 bridgehead atoms. The number of piperazine rings is 1. The van der Waals surface area contributed by atoms with Crippen LogP contribution in [0, 0.1) is 11.3 Å². The third kappa shape index (κ3) is 3.35. The molecule has 16 heavy (non-hydrogen) atoms. The summed E-state index contributed by atoms with van der Waals surface area (Å²) in [6, 6.07) is 1.83. The van der Waals surface area contributed by atoms with Gasteiger partial charge < -0.3 is 4.90 Å². The van der Waals surface area contributed by atoms with E-state index in [-0.39, 0.29) is 11.4 Å². The van der Waals surface area contributed by atoms with Gasteiger partial charge in [-0.15, -0.1) is 0 Å². The summed E-state index contributed by atoms with van der Waals surface area (Å²) < 4.78 is 0. The zero-order chi connectivity index (χ0) is 12.2. The molecule has 1 aliphatic rings. The lowest BCUT2D eigenvalue weighted by Crippen LogP contribution is -2.54. The molecule has 0 aliphatic carbocycles. The number of amides is 1. The Labute approximate surface area is 97.1 Å². The van der Waals surface area contributed by atoms with E-state index in [0.717, 1.165) is 26.2 Å². The Morgan fingerprint density at radius 1 is 1.25 bits per heavy atom. The standard InChI is InChI=1S/C12H19N3O/c1-12(2,3)15-9-7-14(8-10-15)11(16)5-4-6-13/h4-5H,7-10H2,1-3H3/b5-4+. The van der Waals surface area contributed by atoms with Crippen molar-refractivity contribution in [2.75, 3.05) is 26.2 Å². The highest BCUT2D eigenvalue weighted by Gasteiger charge is 2.26. The molecule has 0 aromatic rings. The van der Waals surface area contributed by atoms with Gasteiger partial charge in [0.2, 0.25) is 5.91 Å². The van der Waals surface area contributed by atoms with Crippen LogP contribution in [0.4, 0.5) is 0 Å². The summed E-state index contributed by atoms with van der Waals surface area (Å²) in [5.74, 6) is -0.0601. The maximum absolute atomic E-state index is 11.6. The summed E-state index contributed by atoms with van der Waals surface area (Å²) in [4.78, 5) is 15.7. The van der Waals surface area contributed by atoms with Gasteiger partial charge in [0, 0.05) is 43.9 Å². The van der Waals surface area contributed by atoms with Crippen LogP contribution in [0.25, 0.3) is 0 Å². The van der Waals surface area contributed by atoms with Crippen molar-refractivity contribution < 1.29 is 4.79 Å². The second-order valence-electron chi connectivity index (χ2n) is 4.95. The van der Waals surface area contributed by atoms with Crippen LogP contribution in [0.15, 0.2) is 12.2 Å². The largest absolute Gasteiger partial charge is 0.337 e. The Bertz CT molecular complexity index is 314. The summed E-state index contributed by atoms with van der Waals surface area (Å²) in [6.07, 6.45) is 2.57. The van der Waals surface area contributed by atoms with Crippen LogP contribution in [-0.4, -0.2) is 47.4 Å². The molecule has 1 fully saturated rings. The first kappa shape index (κ1) is 12.7. The highest BCUT2D eigenvalue weighted by molar-refractivity contribution is 5.88. The molecule has 0 radical (unpaired) electrons. The van der Waals surface area contributed by atoms with E-state index in [1.807, 2.05) is 6.07 Å². The van der Waals surface area contributed by atoms with Gasteiger partial charge >= 0.3 is 0 Å². The average molecular weight is 221 g/mol. The fourth-order valence-corrected chi connectivity index (χ4v) is 1.81. The number of allylic oxidation sites excluding steroid dienone is 1. The number of carbonyl (C=O) groups excluding carboxylic acids is 1. The van der Waals surface area contributed by atoms with E-state index in [1.165, 1.54) is 12.2 Å². The second-order valence-corrected chi connectivity index (χ2v) is 4.95. The Morgan fingerprint density at radius 3 is 2.25 bits per heavy atom. The van der Waals surface area contributed by atoms with Gasteiger partial charge in [-0.2, -0.15) is 5.26 Å². The fraction of sp³-hybridized carbons (Fsp3) is 0.667. The monoisotopic (exact) mass is 221 g/mol. The first-order valence-corrected chi connectivity index (χ1v) is 5.55. The van der Waals surface area contributed by atoms with E-state index in [4.69, 9.17) is 5.26 Å². The van der Waals surface area contributed by atoms with Crippen molar-refractivity contribution in [2.45, 2.75) is 26.3 Å². The van der Waals surface area contributed by atoms with Gasteiger partial charge in [-0.3, -0.25) is 9.69 Å². The lowest BCUT2D eigenvalue weighted by molar-refractivity contribution is -0.128. The second kappa shape index (κ2) is 5.13. The van der Waals surface area contributed by atoms with E-state index < -0.39 is 0 Å². The number of hydrogen-bond acceptors (Lipinski definition) is 3. The van der Waals surface area contributed by atoms with Crippen LogP contribution in [0.5, 0.6) is 0 Å². The normalized spacial score (nSPS) is 18.8. The Kier molecular flexibility index (Phi) is 4.08. The van der Waals surface area contributed by atoms with Gasteiger partial charge in [0.15, 0.2) is 0 Å². The predicted molar refractivity (Wildman–Crippen MR) is 62.7 cm³/mol. The van der Waals surface area contributed by atoms with Gasteiger partial charge in [-0.25, -0.2) is 0 Å². The molecule has 0 spiro atoms. The maximum atomic E-state index is 11.6. The molecule has 1 aliphatic heterocycles. The molecule has 88 valence electrons. The van der Waals surface area contributed by atoms with E-state index in [1.54, 1.807) is 4.90 Å². The van der Waals surface area contributed by atoms with E-state index >= 15 is 0 Å². The molecule has 1 saturated heterocycles. The molecule has 0 N–H and O–H groups in total. The number of hydrogen-bond donors (Lipinski definition) is 0. The minimum atomic E-state index is -0.0601. The van der Waals surface area contributed by atoms with E-state index in [2.05, 4.69) is 25.7 Å². The van der Waals surface area contributed by atoms with E-state index in [9.17, 15) is 4.79 Å². The summed E-state index contributed by atoms with van der Waals surface area (Å²) in [5, 5.41) is 8.35. The molecule has 0 aromatic heterocycles. The molecule has 0 aromatic carbocycles. The highest BCUT2D eigenvalue weighted by Crippen LogP contribution is 2.15. The lowest BCUT2D eigenvalue weighted by Gasteiger charge is -2.42. The molecule has 1 amide bonds. The lowest BCUT2D eigenvalue weighted by atomic mass is 10.0. The molecular formula is C12H19N3O. The van der Waals surface area contributed by atoms with Crippen LogP contribution in [-0.2, 0) is 4.79 Å². The number of rotatable bonds is 1. The van der Waals surface area contributed by atoms with Gasteiger partial charge in [0.05, 0.1) is 6.07 Å². The van der Waals surface area contributed by atoms with Crippen LogP contribution in [0.1, 0.15) is 20.8 Å². The van der Waals surface area contributed by atoms with Crippen molar-refractivity contribution in [2.24, 2.45) is 0 Å². The molecule has 0 saturated carbocycles. The third-order valence-electron chi connectivity index (χ3n) is 2.84. The number of carbonyl (C=O) groups is 1. The van der Waals surface area contributed by atoms with Gasteiger partial charge in [0.1, 0.15) is 0 Å². The Balaban J connectivity index is 2.47. The van der Waals surface area contributed by atoms with Gasteiger partial charge in [0.25, 0.3) is 0 Å². The van der Waals surface area contributed by atoms with Gasteiger partial charge in [-0.1, -0.05) is 0 Å². The molecule has 4 nitrogen and oxygen atoms in total. The minimum absolute atomic E-state index is 0.0601. The summed E-state index contributed by atoms with van der Waals surface area (Å²) in [6.45, 7) is 9.82. The third-order valence-corrected chi connectivity index (χ3v) is 2.84. The molecule has 1 heterocycles. The summed E-state index contributed by atoms with van der Waals surface area (Å²) in [7, 11) is 0. The van der Waals surface area contributed by atoms with E-state index in [0.29, 0.717) is 0 Å². The molecule has 1 rings (SSSR count). The van der Waals surface area contributed by atoms with Crippen molar-refractivity contribution >= 4 is 5.91 Å². The van der Waals surface area contributed by atoms with Crippen LogP contribution < -0.4 is 0 Å². The van der Waals surface area contributed by atoms with Crippen LogP contribution >= 0.6 is 0 Å². The zero-order valence-corrected chi connectivity index (χ0v) is 10.2. The van der Waals surface area contributed by atoms with Crippen molar-refractivity contribution in [3.8, 4) is 6.07 Å². The Hall–Kier alpha value is -1.34. The molecule has 0 unspecified atom stereocenters. The zero-order valence-electron chi connectivity index (χ0n) is 10.2. The first-order valence-electron chi connectivity index (χ1n) is 5.55. The maximum Gasteiger partial charge on any atom is 0.247 e. The molecular weight excluding hydrogens is 202 g/mol. The van der Waals surface area contributed by atoms with Gasteiger partial charge in [-0.05, 0) is 20.8 Å².